The molecule has 0 bridgehead atoms. The predicted octanol–water partition coefficient (Wildman–Crippen LogP) is -0.272. The van der Waals surface area contributed by atoms with Crippen LogP contribution in [0.1, 0.15) is 20.7 Å². The molecule has 0 aromatic heterocycles. The van der Waals surface area contributed by atoms with Gasteiger partial charge < -0.3 is 10.2 Å². The number of aliphatic hydroxyl groups excluding tert-OH is 1. The van der Waals surface area contributed by atoms with Gasteiger partial charge in [0, 0.05) is 0 Å². The SMILES string of the molecule is O=C(O)[C@@H](O)CN1C(=O)c2ccccc2C1=O. The number of fused-ring (bicyclic) bond motifs is 1. The molecule has 0 spiro atoms. The molecule has 2 N–H and O–H groups in total. The lowest BCUT2D eigenvalue weighted by molar-refractivity contribution is -0.146. The number of β-amino-alcohol motifs (C(OH)–C–C–N with tert-alkyl or cyclic N) is 1. The van der Waals surface area contributed by atoms with E-state index < -0.39 is 30.4 Å². The molecule has 1 aromatic rings. The van der Waals surface area contributed by atoms with E-state index in [0.717, 1.165) is 4.90 Å². The molecule has 6 heteroatoms. The minimum absolute atomic E-state index is 0.232. The Bertz CT molecular complexity index is 475. The molecule has 1 aromatic carbocycles. The number of rotatable bonds is 3. The van der Waals surface area contributed by atoms with Gasteiger partial charge in [-0.3, -0.25) is 14.5 Å². The van der Waals surface area contributed by atoms with Gasteiger partial charge in [0.15, 0.2) is 6.10 Å². The Morgan fingerprint density at radius 3 is 2.06 bits per heavy atom. The van der Waals surface area contributed by atoms with E-state index in [9.17, 15) is 14.4 Å². The van der Waals surface area contributed by atoms with Crippen molar-refractivity contribution in [2.75, 3.05) is 6.54 Å². The van der Waals surface area contributed by atoms with Crippen molar-refractivity contribution in [2.45, 2.75) is 6.10 Å². The predicted molar refractivity (Wildman–Crippen MR) is 55.5 cm³/mol. The average molecular weight is 235 g/mol. The van der Waals surface area contributed by atoms with Crippen LogP contribution in [0.15, 0.2) is 24.3 Å². The molecule has 1 heterocycles. The zero-order valence-electron chi connectivity index (χ0n) is 8.66. The van der Waals surface area contributed by atoms with Gasteiger partial charge in [0.2, 0.25) is 0 Å². The van der Waals surface area contributed by atoms with E-state index in [1.165, 1.54) is 12.1 Å². The zero-order valence-corrected chi connectivity index (χ0v) is 8.66. The molecule has 1 aliphatic rings. The third kappa shape index (κ3) is 1.78. The van der Waals surface area contributed by atoms with Crippen molar-refractivity contribution in [3.63, 3.8) is 0 Å². The first kappa shape index (κ1) is 11.3. The van der Waals surface area contributed by atoms with E-state index in [4.69, 9.17) is 10.2 Å². The van der Waals surface area contributed by atoms with Crippen LogP contribution in [-0.2, 0) is 4.79 Å². The monoisotopic (exact) mass is 235 g/mol. The van der Waals surface area contributed by atoms with Gasteiger partial charge in [-0.15, -0.1) is 0 Å². The summed E-state index contributed by atoms with van der Waals surface area (Å²) in [5.41, 5.74) is 0.463. The summed E-state index contributed by atoms with van der Waals surface area (Å²) < 4.78 is 0. The summed E-state index contributed by atoms with van der Waals surface area (Å²) >= 11 is 0. The number of hydrogen-bond acceptors (Lipinski definition) is 4. The summed E-state index contributed by atoms with van der Waals surface area (Å²) in [5.74, 6) is -2.63. The van der Waals surface area contributed by atoms with Crippen LogP contribution in [0.2, 0.25) is 0 Å². The fourth-order valence-electron chi connectivity index (χ4n) is 1.66. The molecule has 1 atom stereocenters. The van der Waals surface area contributed by atoms with Gasteiger partial charge in [0.05, 0.1) is 17.7 Å². The lowest BCUT2D eigenvalue weighted by Crippen LogP contribution is -2.40. The van der Waals surface area contributed by atoms with Gasteiger partial charge >= 0.3 is 5.97 Å². The third-order valence-electron chi connectivity index (χ3n) is 2.52. The normalized spacial score (nSPS) is 15.9. The number of amides is 2. The van der Waals surface area contributed by atoms with Crippen molar-refractivity contribution in [3.8, 4) is 0 Å². The van der Waals surface area contributed by atoms with Gasteiger partial charge in [-0.2, -0.15) is 0 Å². The largest absolute Gasteiger partial charge is 0.479 e. The van der Waals surface area contributed by atoms with Crippen molar-refractivity contribution in [3.05, 3.63) is 35.4 Å². The molecule has 2 amide bonds. The van der Waals surface area contributed by atoms with Crippen molar-refractivity contribution in [1.29, 1.82) is 0 Å². The van der Waals surface area contributed by atoms with Crippen molar-refractivity contribution < 1.29 is 24.6 Å². The minimum Gasteiger partial charge on any atom is -0.479 e. The van der Waals surface area contributed by atoms with E-state index in [2.05, 4.69) is 0 Å². The number of imide groups is 1. The lowest BCUT2D eigenvalue weighted by atomic mass is 10.1. The number of aliphatic carboxylic acids is 1. The van der Waals surface area contributed by atoms with E-state index in [0.29, 0.717) is 0 Å². The van der Waals surface area contributed by atoms with Crippen molar-refractivity contribution in [2.24, 2.45) is 0 Å². The Kier molecular flexibility index (Phi) is 2.64. The zero-order chi connectivity index (χ0) is 12.6. The molecule has 0 fully saturated rings. The highest BCUT2D eigenvalue weighted by atomic mass is 16.4. The summed E-state index contributed by atoms with van der Waals surface area (Å²) in [5, 5.41) is 17.7. The highest BCUT2D eigenvalue weighted by Gasteiger charge is 2.37. The van der Waals surface area contributed by atoms with Gasteiger partial charge in [-0.1, -0.05) is 12.1 Å². The Balaban J connectivity index is 2.27. The quantitative estimate of drug-likeness (QED) is 0.703. The fraction of sp³-hybridized carbons (Fsp3) is 0.182. The lowest BCUT2D eigenvalue weighted by Gasteiger charge is -2.15. The number of carbonyl (C=O) groups excluding carboxylic acids is 2. The van der Waals surface area contributed by atoms with E-state index >= 15 is 0 Å². The summed E-state index contributed by atoms with van der Waals surface area (Å²) in [7, 11) is 0. The first-order chi connectivity index (χ1) is 8.02. The second kappa shape index (κ2) is 3.99. The van der Waals surface area contributed by atoms with E-state index in [1.807, 2.05) is 0 Å². The van der Waals surface area contributed by atoms with Gasteiger partial charge in [0.1, 0.15) is 0 Å². The number of carboxylic acid groups (broad SMARTS) is 1. The Morgan fingerprint density at radius 2 is 1.65 bits per heavy atom. The second-order valence-corrected chi connectivity index (χ2v) is 3.62. The molecule has 0 saturated heterocycles. The van der Waals surface area contributed by atoms with E-state index in [1.54, 1.807) is 12.1 Å². The van der Waals surface area contributed by atoms with Crippen LogP contribution in [0, 0.1) is 0 Å². The van der Waals surface area contributed by atoms with Crippen molar-refractivity contribution >= 4 is 17.8 Å². The highest BCUT2D eigenvalue weighted by molar-refractivity contribution is 6.21. The number of nitrogens with zero attached hydrogens (tertiary/aromatic N) is 1. The molecule has 17 heavy (non-hydrogen) atoms. The topological polar surface area (TPSA) is 94.9 Å². The minimum atomic E-state index is -1.77. The first-order valence-electron chi connectivity index (χ1n) is 4.88. The molecule has 2 rings (SSSR count). The molecule has 0 radical (unpaired) electrons. The molecule has 0 aliphatic carbocycles. The molecule has 88 valence electrons. The maximum absolute atomic E-state index is 11.8. The maximum Gasteiger partial charge on any atom is 0.334 e. The Labute approximate surface area is 96.1 Å². The first-order valence-corrected chi connectivity index (χ1v) is 4.88. The molecule has 0 unspecified atom stereocenters. The summed E-state index contributed by atoms with van der Waals surface area (Å²) in [6, 6.07) is 6.20. The maximum atomic E-state index is 11.8. The summed E-state index contributed by atoms with van der Waals surface area (Å²) in [6.45, 7) is -0.540. The van der Waals surface area contributed by atoms with E-state index in [-0.39, 0.29) is 11.1 Å². The van der Waals surface area contributed by atoms with Crippen LogP contribution < -0.4 is 0 Å². The summed E-state index contributed by atoms with van der Waals surface area (Å²) in [4.78, 5) is 34.7. The van der Waals surface area contributed by atoms with Crippen LogP contribution in [0.4, 0.5) is 0 Å². The van der Waals surface area contributed by atoms with Crippen LogP contribution in [0.25, 0.3) is 0 Å². The number of hydrogen-bond donors (Lipinski definition) is 2. The molecule has 6 nitrogen and oxygen atoms in total. The molecular weight excluding hydrogens is 226 g/mol. The van der Waals surface area contributed by atoms with Crippen LogP contribution in [0.5, 0.6) is 0 Å². The van der Waals surface area contributed by atoms with Gasteiger partial charge in [0.25, 0.3) is 11.8 Å². The fourth-order valence-corrected chi connectivity index (χ4v) is 1.66. The number of aliphatic hydroxyl groups is 1. The van der Waals surface area contributed by atoms with Crippen LogP contribution in [-0.4, -0.2) is 45.5 Å². The highest BCUT2D eigenvalue weighted by Crippen LogP contribution is 2.22. The number of carbonyl (C=O) groups is 3. The average Bonchev–Trinajstić information content (AvgIpc) is 2.55. The third-order valence-corrected chi connectivity index (χ3v) is 2.52. The van der Waals surface area contributed by atoms with Crippen molar-refractivity contribution in [1.82, 2.24) is 4.90 Å². The molecule has 1 aliphatic heterocycles. The number of carboxylic acids is 1. The standard InChI is InChI=1S/C11H9NO5/c13-8(11(16)17)5-12-9(14)6-3-1-2-4-7(6)10(12)15/h1-4,8,13H,5H2,(H,16,17)/t8-/m0/s1. The second-order valence-electron chi connectivity index (χ2n) is 3.62. The number of benzene rings is 1. The molecular formula is C11H9NO5. The Hall–Kier alpha value is -2.21. The van der Waals surface area contributed by atoms with Gasteiger partial charge in [-0.25, -0.2) is 4.79 Å². The smallest absolute Gasteiger partial charge is 0.334 e. The van der Waals surface area contributed by atoms with Crippen LogP contribution >= 0.6 is 0 Å². The molecule has 0 saturated carbocycles. The van der Waals surface area contributed by atoms with Gasteiger partial charge in [-0.05, 0) is 12.1 Å². The van der Waals surface area contributed by atoms with Crippen LogP contribution in [0.3, 0.4) is 0 Å². The summed E-state index contributed by atoms with van der Waals surface area (Å²) in [6.07, 6.45) is -1.77. The Morgan fingerprint density at radius 1 is 1.18 bits per heavy atom.